The number of ether oxygens (including phenoxy) is 1. The number of carbonyl (C=O) groups excluding carboxylic acids is 2. The number of hydrogen-bond acceptors (Lipinski definition) is 5. The van der Waals surface area contributed by atoms with E-state index in [9.17, 15) is 9.59 Å². The second-order valence-electron chi connectivity index (χ2n) is 7.96. The number of rotatable bonds is 7. The average molecular weight is 423 g/mol. The largest absolute Gasteiger partial charge is 0.379 e. The van der Waals surface area contributed by atoms with Crippen LogP contribution in [0.5, 0.6) is 0 Å². The second-order valence-corrected chi connectivity index (χ2v) is 7.96. The first-order chi connectivity index (χ1) is 15.2. The third-order valence-corrected chi connectivity index (χ3v) is 5.80. The molecule has 0 saturated carbocycles. The van der Waals surface area contributed by atoms with Crippen molar-refractivity contribution in [2.24, 2.45) is 0 Å². The molecule has 4 rings (SSSR count). The minimum atomic E-state index is -0.187. The maximum atomic E-state index is 13.1. The van der Waals surface area contributed by atoms with E-state index in [0.717, 1.165) is 64.5 Å². The monoisotopic (exact) mass is 422 g/mol. The highest BCUT2D eigenvalue weighted by atomic mass is 16.5. The molecule has 2 aliphatic heterocycles. The van der Waals surface area contributed by atoms with Crippen LogP contribution in [0.1, 0.15) is 33.6 Å². The molecule has 0 aliphatic carbocycles. The van der Waals surface area contributed by atoms with Gasteiger partial charge in [0.1, 0.15) is 0 Å². The van der Waals surface area contributed by atoms with Crippen LogP contribution in [0.15, 0.2) is 48.5 Å². The van der Waals surface area contributed by atoms with Crippen molar-refractivity contribution in [3.05, 3.63) is 59.7 Å². The van der Waals surface area contributed by atoms with Crippen LogP contribution in [-0.4, -0.2) is 69.2 Å². The number of morpholine rings is 1. The van der Waals surface area contributed by atoms with Gasteiger partial charge >= 0.3 is 0 Å². The summed E-state index contributed by atoms with van der Waals surface area (Å²) in [5.74, 6) is -0.292. The fourth-order valence-corrected chi connectivity index (χ4v) is 4.07. The highest BCUT2D eigenvalue weighted by Gasteiger charge is 2.21. The molecule has 2 heterocycles. The molecule has 0 spiro atoms. The quantitative estimate of drug-likeness (QED) is 0.718. The van der Waals surface area contributed by atoms with Crippen molar-refractivity contribution in [3.8, 4) is 0 Å². The molecule has 0 atom stereocenters. The van der Waals surface area contributed by atoms with E-state index in [0.29, 0.717) is 23.4 Å². The van der Waals surface area contributed by atoms with Gasteiger partial charge in [-0.3, -0.25) is 14.5 Å². The minimum Gasteiger partial charge on any atom is -0.379 e. The molecule has 0 unspecified atom stereocenters. The lowest BCUT2D eigenvalue weighted by molar-refractivity contribution is 0.0383. The van der Waals surface area contributed by atoms with E-state index in [1.165, 1.54) is 0 Å². The Morgan fingerprint density at radius 2 is 1.65 bits per heavy atom. The summed E-state index contributed by atoms with van der Waals surface area (Å²) < 4.78 is 5.38. The van der Waals surface area contributed by atoms with Crippen LogP contribution in [-0.2, 0) is 4.74 Å². The Morgan fingerprint density at radius 1 is 0.903 bits per heavy atom. The van der Waals surface area contributed by atoms with Crippen molar-refractivity contribution in [2.75, 3.05) is 62.7 Å². The lowest BCUT2D eigenvalue weighted by Gasteiger charge is -2.26. The summed E-state index contributed by atoms with van der Waals surface area (Å²) in [4.78, 5) is 30.2. The van der Waals surface area contributed by atoms with Gasteiger partial charge in [0.15, 0.2) is 0 Å². The van der Waals surface area contributed by atoms with Crippen molar-refractivity contribution in [2.45, 2.75) is 12.8 Å². The molecule has 164 valence electrons. The Hall–Kier alpha value is -2.90. The Bertz CT molecular complexity index is 891. The van der Waals surface area contributed by atoms with Gasteiger partial charge in [-0.25, -0.2) is 0 Å². The minimum absolute atomic E-state index is 0.106. The predicted octanol–water partition coefficient (Wildman–Crippen LogP) is 2.60. The molecule has 31 heavy (non-hydrogen) atoms. The van der Waals surface area contributed by atoms with Crippen molar-refractivity contribution in [3.63, 3.8) is 0 Å². The number of nitrogens with zero attached hydrogens (tertiary/aromatic N) is 2. The Kier molecular flexibility index (Phi) is 7.17. The van der Waals surface area contributed by atoms with E-state index < -0.39 is 0 Å². The number of amides is 2. The normalized spacial score (nSPS) is 16.8. The van der Waals surface area contributed by atoms with Crippen molar-refractivity contribution in [1.29, 1.82) is 0 Å². The van der Waals surface area contributed by atoms with Crippen LogP contribution in [0.2, 0.25) is 0 Å². The van der Waals surface area contributed by atoms with Crippen LogP contribution in [0, 0.1) is 0 Å². The van der Waals surface area contributed by atoms with Gasteiger partial charge < -0.3 is 20.3 Å². The molecule has 2 aromatic carbocycles. The Labute approximate surface area is 183 Å². The molecule has 2 saturated heterocycles. The molecule has 0 bridgehead atoms. The standard InChI is InChI=1S/C24H30N4O3/c29-23(19-6-2-1-3-7-19)26-20-8-9-22(28-11-4-5-12-28)21(18-20)24(30)25-10-13-27-14-16-31-17-15-27/h1-3,6-9,18H,4-5,10-17H2,(H,25,30)(H,26,29). The molecular weight excluding hydrogens is 392 g/mol. The summed E-state index contributed by atoms with van der Waals surface area (Å²) in [5, 5.41) is 5.98. The summed E-state index contributed by atoms with van der Waals surface area (Å²) in [6, 6.07) is 14.7. The van der Waals surface area contributed by atoms with Crippen molar-refractivity contribution >= 4 is 23.2 Å². The molecular formula is C24H30N4O3. The Morgan fingerprint density at radius 3 is 2.39 bits per heavy atom. The molecule has 0 aromatic heterocycles. The van der Waals surface area contributed by atoms with Gasteiger partial charge in [0.2, 0.25) is 0 Å². The fourth-order valence-electron chi connectivity index (χ4n) is 4.07. The van der Waals surface area contributed by atoms with Gasteiger partial charge in [-0.15, -0.1) is 0 Å². The lowest BCUT2D eigenvalue weighted by atomic mass is 10.1. The molecule has 2 fully saturated rings. The Balaban J connectivity index is 1.46. The van der Waals surface area contributed by atoms with Gasteiger partial charge in [0.05, 0.1) is 18.8 Å². The third kappa shape index (κ3) is 5.62. The molecule has 2 amide bonds. The number of nitrogens with one attached hydrogen (secondary N) is 2. The molecule has 0 radical (unpaired) electrons. The number of carbonyl (C=O) groups is 2. The third-order valence-electron chi connectivity index (χ3n) is 5.80. The highest BCUT2D eigenvalue weighted by Crippen LogP contribution is 2.28. The number of hydrogen-bond donors (Lipinski definition) is 2. The first kappa shape index (κ1) is 21.3. The SMILES string of the molecule is O=C(Nc1ccc(N2CCCC2)c(C(=O)NCCN2CCOCC2)c1)c1ccccc1. The smallest absolute Gasteiger partial charge is 0.255 e. The maximum Gasteiger partial charge on any atom is 0.255 e. The summed E-state index contributed by atoms with van der Waals surface area (Å²) in [6.45, 7) is 6.57. The van der Waals surface area contributed by atoms with Gasteiger partial charge in [-0.1, -0.05) is 18.2 Å². The van der Waals surface area contributed by atoms with Crippen LogP contribution in [0.25, 0.3) is 0 Å². The average Bonchev–Trinajstić information content (AvgIpc) is 3.35. The summed E-state index contributed by atoms with van der Waals surface area (Å²) in [7, 11) is 0. The summed E-state index contributed by atoms with van der Waals surface area (Å²) in [6.07, 6.45) is 2.26. The number of benzene rings is 2. The van der Waals surface area contributed by atoms with Crippen LogP contribution < -0.4 is 15.5 Å². The zero-order valence-electron chi connectivity index (χ0n) is 17.8. The lowest BCUT2D eigenvalue weighted by Crippen LogP contribution is -2.41. The number of anilines is 2. The zero-order chi connectivity index (χ0) is 21.5. The molecule has 7 heteroatoms. The molecule has 7 nitrogen and oxygen atoms in total. The first-order valence-electron chi connectivity index (χ1n) is 11.0. The van der Waals surface area contributed by atoms with E-state index in [1.807, 2.05) is 30.3 Å². The van der Waals surface area contributed by atoms with Crippen LogP contribution >= 0.6 is 0 Å². The first-order valence-corrected chi connectivity index (χ1v) is 11.0. The highest BCUT2D eigenvalue weighted by molar-refractivity contribution is 6.06. The maximum absolute atomic E-state index is 13.1. The molecule has 2 aromatic rings. The van der Waals surface area contributed by atoms with Gasteiger partial charge in [0.25, 0.3) is 11.8 Å². The molecule has 2 aliphatic rings. The van der Waals surface area contributed by atoms with Gasteiger partial charge in [-0.2, -0.15) is 0 Å². The topological polar surface area (TPSA) is 73.9 Å². The van der Waals surface area contributed by atoms with Gasteiger partial charge in [0, 0.05) is 56.2 Å². The van der Waals surface area contributed by atoms with Gasteiger partial charge in [-0.05, 0) is 43.2 Å². The van der Waals surface area contributed by atoms with Crippen LogP contribution in [0.4, 0.5) is 11.4 Å². The summed E-state index contributed by atoms with van der Waals surface area (Å²) >= 11 is 0. The van der Waals surface area contributed by atoms with E-state index in [1.54, 1.807) is 18.2 Å². The zero-order valence-corrected chi connectivity index (χ0v) is 17.8. The van der Waals surface area contributed by atoms with E-state index in [2.05, 4.69) is 20.4 Å². The second kappa shape index (κ2) is 10.4. The van der Waals surface area contributed by atoms with Crippen molar-refractivity contribution in [1.82, 2.24) is 10.2 Å². The van der Waals surface area contributed by atoms with E-state index in [4.69, 9.17) is 4.74 Å². The fraction of sp³-hybridized carbons (Fsp3) is 0.417. The molecule has 2 N–H and O–H groups in total. The van der Waals surface area contributed by atoms with Crippen LogP contribution in [0.3, 0.4) is 0 Å². The van der Waals surface area contributed by atoms with Crippen molar-refractivity contribution < 1.29 is 14.3 Å². The van der Waals surface area contributed by atoms with E-state index >= 15 is 0 Å². The van der Waals surface area contributed by atoms with E-state index in [-0.39, 0.29) is 11.8 Å². The summed E-state index contributed by atoms with van der Waals surface area (Å²) in [5.41, 5.74) is 2.74. The predicted molar refractivity (Wildman–Crippen MR) is 122 cm³/mol.